The maximum atomic E-state index is 13.6. The summed E-state index contributed by atoms with van der Waals surface area (Å²) in [5.74, 6) is 0.0484. The Hall–Kier alpha value is -1.13. The molecule has 1 aliphatic rings. The van der Waals surface area contributed by atoms with Gasteiger partial charge in [-0.05, 0) is 43.6 Å². The van der Waals surface area contributed by atoms with Crippen LogP contribution in [0.25, 0.3) is 0 Å². The third kappa shape index (κ3) is 2.71. The minimum Gasteiger partial charge on any atom is -0.486 e. The summed E-state index contributed by atoms with van der Waals surface area (Å²) in [5, 5.41) is 3.18. The zero-order valence-electron chi connectivity index (χ0n) is 9.21. The zero-order valence-corrected chi connectivity index (χ0v) is 9.21. The molecule has 0 radical (unpaired) electrons. The van der Waals surface area contributed by atoms with Gasteiger partial charge in [0.15, 0.2) is 11.6 Å². The molecule has 1 heterocycles. The smallest absolute Gasteiger partial charge is 0.165 e. The van der Waals surface area contributed by atoms with Crippen LogP contribution >= 0.6 is 0 Å². The van der Waals surface area contributed by atoms with E-state index < -0.39 is 0 Å². The molecule has 0 bridgehead atoms. The lowest BCUT2D eigenvalue weighted by Crippen LogP contribution is -2.20. The van der Waals surface area contributed by atoms with Gasteiger partial charge in [0.2, 0.25) is 0 Å². The minimum atomic E-state index is -0.294. The molecule has 0 amide bonds. The first-order valence-electron chi connectivity index (χ1n) is 5.65. The molecule has 3 nitrogen and oxygen atoms in total. The normalized spacial score (nSPS) is 20.0. The van der Waals surface area contributed by atoms with E-state index in [4.69, 9.17) is 10.5 Å². The van der Waals surface area contributed by atoms with Gasteiger partial charge >= 0.3 is 0 Å². The van der Waals surface area contributed by atoms with Gasteiger partial charge in [0.25, 0.3) is 0 Å². The Kier molecular flexibility index (Phi) is 3.74. The average Bonchev–Trinajstić information content (AvgIpc) is 2.75. The lowest BCUT2D eigenvalue weighted by Gasteiger charge is -2.13. The highest BCUT2D eigenvalue weighted by molar-refractivity contribution is 5.29. The van der Waals surface area contributed by atoms with Gasteiger partial charge in [-0.3, -0.25) is 0 Å². The standard InChI is InChI=1S/C12H17FN2O/c13-11-7-9(3-5-14)1-2-12(11)16-10-4-6-15-8-10/h1-2,7,10,15H,3-6,8,14H2. The summed E-state index contributed by atoms with van der Waals surface area (Å²) in [4.78, 5) is 0. The Morgan fingerprint density at radius 3 is 3.00 bits per heavy atom. The van der Waals surface area contributed by atoms with E-state index in [9.17, 15) is 4.39 Å². The van der Waals surface area contributed by atoms with Crippen molar-refractivity contribution in [1.29, 1.82) is 0 Å². The van der Waals surface area contributed by atoms with E-state index in [1.807, 2.05) is 6.07 Å². The summed E-state index contributed by atoms with van der Waals surface area (Å²) >= 11 is 0. The molecule has 1 aromatic rings. The van der Waals surface area contributed by atoms with Crippen molar-refractivity contribution in [3.8, 4) is 5.75 Å². The van der Waals surface area contributed by atoms with Crippen LogP contribution in [0.15, 0.2) is 18.2 Å². The molecule has 1 unspecified atom stereocenters. The van der Waals surface area contributed by atoms with Gasteiger partial charge in [0.1, 0.15) is 6.10 Å². The van der Waals surface area contributed by atoms with Crippen LogP contribution in [0.1, 0.15) is 12.0 Å². The Morgan fingerprint density at radius 1 is 1.50 bits per heavy atom. The Labute approximate surface area is 94.8 Å². The molecule has 0 aliphatic carbocycles. The third-order valence-corrected chi connectivity index (χ3v) is 2.74. The summed E-state index contributed by atoms with van der Waals surface area (Å²) in [6.07, 6.45) is 1.72. The number of hydrogen-bond donors (Lipinski definition) is 2. The van der Waals surface area contributed by atoms with Gasteiger partial charge in [-0.2, -0.15) is 0 Å². The Balaban J connectivity index is 2.03. The Morgan fingerprint density at radius 2 is 2.38 bits per heavy atom. The molecule has 0 aromatic heterocycles. The molecule has 0 saturated carbocycles. The SMILES string of the molecule is NCCc1ccc(OC2CCNC2)c(F)c1. The van der Waals surface area contributed by atoms with Crippen LogP contribution in [0.3, 0.4) is 0 Å². The molecule has 4 heteroatoms. The van der Waals surface area contributed by atoms with Gasteiger partial charge in [-0.1, -0.05) is 6.07 Å². The lowest BCUT2D eigenvalue weighted by molar-refractivity contribution is 0.213. The Bertz CT molecular complexity index is 351. The number of rotatable bonds is 4. The van der Waals surface area contributed by atoms with Gasteiger partial charge in [0, 0.05) is 6.54 Å². The molecule has 1 aliphatic heterocycles. The minimum absolute atomic E-state index is 0.0925. The van der Waals surface area contributed by atoms with E-state index in [0.29, 0.717) is 18.7 Å². The van der Waals surface area contributed by atoms with E-state index in [2.05, 4.69) is 5.32 Å². The van der Waals surface area contributed by atoms with Crippen molar-refractivity contribution in [2.24, 2.45) is 5.73 Å². The van der Waals surface area contributed by atoms with Crippen molar-refractivity contribution in [1.82, 2.24) is 5.32 Å². The highest BCUT2D eigenvalue weighted by atomic mass is 19.1. The number of hydrogen-bond acceptors (Lipinski definition) is 3. The summed E-state index contributed by atoms with van der Waals surface area (Å²) in [6.45, 7) is 2.27. The number of nitrogens with two attached hydrogens (primary N) is 1. The second-order valence-electron chi connectivity index (χ2n) is 4.04. The largest absolute Gasteiger partial charge is 0.486 e. The maximum absolute atomic E-state index is 13.6. The molecule has 1 saturated heterocycles. The topological polar surface area (TPSA) is 47.3 Å². The van der Waals surface area contributed by atoms with Gasteiger partial charge < -0.3 is 15.8 Å². The fourth-order valence-electron chi connectivity index (χ4n) is 1.87. The van der Waals surface area contributed by atoms with E-state index in [1.54, 1.807) is 6.07 Å². The second kappa shape index (κ2) is 5.27. The third-order valence-electron chi connectivity index (χ3n) is 2.74. The first kappa shape index (κ1) is 11.4. The molecule has 16 heavy (non-hydrogen) atoms. The number of benzene rings is 1. The summed E-state index contributed by atoms with van der Waals surface area (Å²) < 4.78 is 19.2. The van der Waals surface area contributed by atoms with E-state index in [1.165, 1.54) is 6.07 Å². The quantitative estimate of drug-likeness (QED) is 0.804. The van der Waals surface area contributed by atoms with Crippen molar-refractivity contribution in [2.75, 3.05) is 19.6 Å². The van der Waals surface area contributed by atoms with Crippen molar-refractivity contribution in [3.63, 3.8) is 0 Å². The number of halogens is 1. The highest BCUT2D eigenvalue weighted by Gasteiger charge is 2.17. The monoisotopic (exact) mass is 224 g/mol. The fourth-order valence-corrected chi connectivity index (χ4v) is 1.87. The van der Waals surface area contributed by atoms with E-state index >= 15 is 0 Å². The molecular weight excluding hydrogens is 207 g/mol. The van der Waals surface area contributed by atoms with Crippen LogP contribution in [0, 0.1) is 5.82 Å². The van der Waals surface area contributed by atoms with Crippen LogP contribution in [0.5, 0.6) is 5.75 Å². The molecule has 1 fully saturated rings. The van der Waals surface area contributed by atoms with Crippen molar-refractivity contribution < 1.29 is 9.13 Å². The van der Waals surface area contributed by atoms with Gasteiger partial charge in [-0.25, -0.2) is 4.39 Å². The first-order valence-corrected chi connectivity index (χ1v) is 5.65. The van der Waals surface area contributed by atoms with Crippen LogP contribution in [0.2, 0.25) is 0 Å². The summed E-state index contributed by atoms with van der Waals surface area (Å²) in [6, 6.07) is 5.07. The fraction of sp³-hybridized carbons (Fsp3) is 0.500. The highest BCUT2D eigenvalue weighted by Crippen LogP contribution is 2.21. The molecular formula is C12H17FN2O. The van der Waals surface area contributed by atoms with Crippen molar-refractivity contribution in [3.05, 3.63) is 29.6 Å². The predicted octanol–water partition coefficient (Wildman–Crippen LogP) is 1.07. The molecule has 1 atom stereocenters. The molecule has 1 aromatic carbocycles. The van der Waals surface area contributed by atoms with E-state index in [-0.39, 0.29) is 11.9 Å². The van der Waals surface area contributed by atoms with Gasteiger partial charge in [0.05, 0.1) is 0 Å². The molecule has 0 spiro atoms. The predicted molar refractivity (Wildman–Crippen MR) is 61.1 cm³/mol. The number of ether oxygens (including phenoxy) is 1. The van der Waals surface area contributed by atoms with E-state index in [0.717, 1.165) is 25.1 Å². The zero-order chi connectivity index (χ0) is 11.4. The van der Waals surface area contributed by atoms with Crippen LogP contribution in [-0.4, -0.2) is 25.7 Å². The molecule has 2 rings (SSSR count). The first-order chi connectivity index (χ1) is 7.79. The lowest BCUT2D eigenvalue weighted by atomic mass is 10.1. The van der Waals surface area contributed by atoms with Gasteiger partial charge in [-0.15, -0.1) is 0 Å². The summed E-state index contributed by atoms with van der Waals surface area (Å²) in [7, 11) is 0. The van der Waals surface area contributed by atoms with Crippen LogP contribution in [-0.2, 0) is 6.42 Å². The molecule has 88 valence electrons. The molecule has 3 N–H and O–H groups in total. The second-order valence-corrected chi connectivity index (χ2v) is 4.04. The van der Waals surface area contributed by atoms with Crippen LogP contribution in [0.4, 0.5) is 4.39 Å². The average molecular weight is 224 g/mol. The van der Waals surface area contributed by atoms with Crippen molar-refractivity contribution in [2.45, 2.75) is 18.9 Å². The summed E-state index contributed by atoms with van der Waals surface area (Å²) in [5.41, 5.74) is 6.33. The van der Waals surface area contributed by atoms with Crippen LogP contribution < -0.4 is 15.8 Å². The maximum Gasteiger partial charge on any atom is 0.165 e. The number of nitrogens with one attached hydrogen (secondary N) is 1. The van der Waals surface area contributed by atoms with Crippen molar-refractivity contribution >= 4 is 0 Å².